The fourth-order valence-electron chi connectivity index (χ4n) is 1.82. The Hall–Kier alpha value is -2.94. The summed E-state index contributed by atoms with van der Waals surface area (Å²) in [7, 11) is 0. The van der Waals surface area contributed by atoms with Gasteiger partial charge in [0.15, 0.2) is 6.10 Å². The van der Waals surface area contributed by atoms with E-state index in [9.17, 15) is 19.7 Å². The molecule has 0 aliphatic heterocycles. The number of nitrogens with one attached hydrogen (secondary N) is 2. The van der Waals surface area contributed by atoms with Gasteiger partial charge in [-0.05, 0) is 37.3 Å². The fraction of sp³-hybridized carbons (Fsp3) is 0.125. The van der Waals surface area contributed by atoms with E-state index in [-0.39, 0.29) is 11.3 Å². The van der Waals surface area contributed by atoms with Crippen LogP contribution in [-0.4, -0.2) is 22.8 Å². The molecule has 0 saturated heterocycles. The Balaban J connectivity index is 1.90. The Labute approximate surface area is 151 Å². The molecule has 0 saturated carbocycles. The van der Waals surface area contributed by atoms with Crippen molar-refractivity contribution < 1.29 is 19.2 Å². The van der Waals surface area contributed by atoms with Gasteiger partial charge in [-0.1, -0.05) is 22.0 Å². The largest absolute Gasteiger partial charge is 0.481 e. The minimum absolute atomic E-state index is 0.0518. The van der Waals surface area contributed by atoms with E-state index in [1.54, 1.807) is 24.3 Å². The number of nitro groups is 1. The van der Waals surface area contributed by atoms with E-state index in [2.05, 4.69) is 26.8 Å². The Morgan fingerprint density at radius 2 is 1.84 bits per heavy atom. The molecule has 0 spiro atoms. The lowest BCUT2D eigenvalue weighted by molar-refractivity contribution is -0.384. The van der Waals surface area contributed by atoms with Gasteiger partial charge in [0.05, 0.1) is 4.92 Å². The molecular formula is C16H14BrN3O5. The molecule has 9 heteroatoms. The van der Waals surface area contributed by atoms with Gasteiger partial charge in [-0.2, -0.15) is 0 Å². The third-order valence-electron chi connectivity index (χ3n) is 3.11. The quantitative estimate of drug-likeness (QED) is 0.584. The molecule has 130 valence electrons. The molecule has 1 unspecified atom stereocenters. The second-order valence-electron chi connectivity index (χ2n) is 4.96. The minimum atomic E-state index is -0.855. The number of benzene rings is 2. The third-order valence-corrected chi connectivity index (χ3v) is 3.64. The van der Waals surface area contributed by atoms with Crippen LogP contribution in [0.5, 0.6) is 5.75 Å². The first-order valence-corrected chi connectivity index (χ1v) is 7.93. The van der Waals surface area contributed by atoms with Crippen LogP contribution in [0.15, 0.2) is 53.0 Å². The maximum absolute atomic E-state index is 12.0. The maximum atomic E-state index is 12.0. The van der Waals surface area contributed by atoms with Crippen molar-refractivity contribution in [1.29, 1.82) is 0 Å². The zero-order valence-corrected chi connectivity index (χ0v) is 14.6. The van der Waals surface area contributed by atoms with Crippen molar-refractivity contribution in [3.8, 4) is 5.75 Å². The monoisotopic (exact) mass is 407 g/mol. The molecule has 1 atom stereocenters. The van der Waals surface area contributed by atoms with Crippen molar-refractivity contribution in [3.05, 3.63) is 68.7 Å². The molecule has 0 aliphatic carbocycles. The lowest BCUT2D eigenvalue weighted by Gasteiger charge is -2.15. The predicted molar refractivity (Wildman–Crippen MR) is 92.9 cm³/mol. The number of nitro benzene ring substituents is 1. The molecule has 2 rings (SSSR count). The summed E-state index contributed by atoms with van der Waals surface area (Å²) in [4.78, 5) is 34.0. The predicted octanol–water partition coefficient (Wildman–Crippen LogP) is 2.59. The van der Waals surface area contributed by atoms with Crippen molar-refractivity contribution in [1.82, 2.24) is 10.9 Å². The number of carbonyl (C=O) groups excluding carboxylic acids is 2. The van der Waals surface area contributed by atoms with E-state index in [4.69, 9.17) is 4.74 Å². The van der Waals surface area contributed by atoms with Crippen LogP contribution < -0.4 is 15.6 Å². The van der Waals surface area contributed by atoms with Gasteiger partial charge < -0.3 is 4.74 Å². The topological polar surface area (TPSA) is 111 Å². The van der Waals surface area contributed by atoms with Crippen LogP contribution in [0, 0.1) is 10.1 Å². The summed E-state index contributed by atoms with van der Waals surface area (Å²) in [5.41, 5.74) is 4.25. The first-order chi connectivity index (χ1) is 11.9. The van der Waals surface area contributed by atoms with E-state index >= 15 is 0 Å². The highest BCUT2D eigenvalue weighted by Gasteiger charge is 2.17. The number of hydrazine groups is 1. The summed E-state index contributed by atoms with van der Waals surface area (Å²) in [6.07, 6.45) is -0.855. The Morgan fingerprint density at radius 3 is 2.48 bits per heavy atom. The number of hydrogen-bond acceptors (Lipinski definition) is 5. The van der Waals surface area contributed by atoms with Gasteiger partial charge >= 0.3 is 0 Å². The van der Waals surface area contributed by atoms with E-state index in [0.29, 0.717) is 5.75 Å². The SMILES string of the molecule is CC(Oc1ccc(Br)cc1)C(=O)NNC(=O)c1cccc([N+](=O)[O-])c1. The Morgan fingerprint density at radius 1 is 1.16 bits per heavy atom. The summed E-state index contributed by atoms with van der Waals surface area (Å²) in [5, 5.41) is 10.7. The van der Waals surface area contributed by atoms with Crippen molar-refractivity contribution >= 4 is 33.4 Å². The summed E-state index contributed by atoms with van der Waals surface area (Å²) in [6, 6.07) is 12.1. The van der Waals surface area contributed by atoms with Gasteiger partial charge in [-0.25, -0.2) is 0 Å². The van der Waals surface area contributed by atoms with Crippen LogP contribution in [0.1, 0.15) is 17.3 Å². The number of halogens is 1. The fourth-order valence-corrected chi connectivity index (χ4v) is 2.09. The first-order valence-electron chi connectivity index (χ1n) is 7.13. The molecule has 8 nitrogen and oxygen atoms in total. The maximum Gasteiger partial charge on any atom is 0.279 e. The van der Waals surface area contributed by atoms with Crippen molar-refractivity contribution in [2.45, 2.75) is 13.0 Å². The molecule has 2 N–H and O–H groups in total. The summed E-state index contributed by atoms with van der Waals surface area (Å²) in [5.74, 6) is -0.745. The molecule has 2 aromatic rings. The molecule has 2 amide bonds. The number of rotatable bonds is 5. The van der Waals surface area contributed by atoms with Gasteiger partial charge in [-0.3, -0.25) is 30.6 Å². The highest BCUT2D eigenvalue weighted by atomic mass is 79.9. The number of hydrogen-bond donors (Lipinski definition) is 2. The molecule has 0 fully saturated rings. The first kappa shape index (κ1) is 18.4. The number of carbonyl (C=O) groups is 2. The molecule has 0 radical (unpaired) electrons. The summed E-state index contributed by atoms with van der Waals surface area (Å²) in [6.45, 7) is 1.52. The highest BCUT2D eigenvalue weighted by Crippen LogP contribution is 2.17. The van der Waals surface area contributed by atoms with E-state index in [1.165, 1.54) is 25.1 Å². The van der Waals surface area contributed by atoms with E-state index in [1.807, 2.05) is 0 Å². The Kier molecular flexibility index (Phi) is 6.07. The van der Waals surface area contributed by atoms with Gasteiger partial charge in [0.25, 0.3) is 17.5 Å². The standard InChI is InChI=1S/C16H14BrN3O5/c1-10(25-14-7-5-12(17)6-8-14)15(21)18-19-16(22)11-3-2-4-13(9-11)20(23)24/h2-10H,1H3,(H,18,21)(H,19,22). The minimum Gasteiger partial charge on any atom is -0.481 e. The van der Waals surface area contributed by atoms with Gasteiger partial charge in [-0.15, -0.1) is 0 Å². The second kappa shape index (κ2) is 8.25. The zero-order valence-electron chi connectivity index (χ0n) is 13.1. The van der Waals surface area contributed by atoms with Crippen molar-refractivity contribution in [3.63, 3.8) is 0 Å². The lowest BCUT2D eigenvalue weighted by atomic mass is 10.2. The smallest absolute Gasteiger partial charge is 0.279 e. The number of nitrogens with zero attached hydrogens (tertiary/aromatic N) is 1. The summed E-state index contributed by atoms with van der Waals surface area (Å²) >= 11 is 3.29. The normalized spacial score (nSPS) is 11.3. The van der Waals surface area contributed by atoms with E-state index in [0.717, 1.165) is 10.5 Å². The molecule has 0 aliphatic rings. The van der Waals surface area contributed by atoms with Crippen LogP contribution in [0.2, 0.25) is 0 Å². The van der Waals surface area contributed by atoms with Crippen LogP contribution in [0.4, 0.5) is 5.69 Å². The molecule has 0 bridgehead atoms. The lowest BCUT2D eigenvalue weighted by Crippen LogP contribution is -2.47. The van der Waals surface area contributed by atoms with Crippen LogP contribution >= 0.6 is 15.9 Å². The van der Waals surface area contributed by atoms with Crippen molar-refractivity contribution in [2.75, 3.05) is 0 Å². The average Bonchev–Trinajstić information content (AvgIpc) is 2.61. The molecule has 0 heterocycles. The molecule has 2 aromatic carbocycles. The molecule has 25 heavy (non-hydrogen) atoms. The van der Waals surface area contributed by atoms with Crippen LogP contribution in [0.25, 0.3) is 0 Å². The molecular weight excluding hydrogens is 394 g/mol. The van der Waals surface area contributed by atoms with Crippen LogP contribution in [0.3, 0.4) is 0 Å². The number of non-ortho nitro benzene ring substituents is 1. The zero-order chi connectivity index (χ0) is 18.4. The average molecular weight is 408 g/mol. The summed E-state index contributed by atoms with van der Waals surface area (Å²) < 4.78 is 6.32. The Bertz CT molecular complexity index is 795. The van der Waals surface area contributed by atoms with Gasteiger partial charge in [0, 0.05) is 22.2 Å². The number of amides is 2. The van der Waals surface area contributed by atoms with E-state index < -0.39 is 22.8 Å². The van der Waals surface area contributed by atoms with Gasteiger partial charge in [0.1, 0.15) is 5.75 Å². The second-order valence-corrected chi connectivity index (χ2v) is 5.88. The highest BCUT2D eigenvalue weighted by molar-refractivity contribution is 9.10. The number of ether oxygens (including phenoxy) is 1. The van der Waals surface area contributed by atoms with Crippen LogP contribution in [-0.2, 0) is 4.79 Å². The van der Waals surface area contributed by atoms with Gasteiger partial charge in [0.2, 0.25) is 0 Å². The van der Waals surface area contributed by atoms with Crippen molar-refractivity contribution in [2.24, 2.45) is 0 Å². The molecule has 0 aromatic heterocycles. The third kappa shape index (κ3) is 5.28.